The summed E-state index contributed by atoms with van der Waals surface area (Å²) in [5, 5.41) is 12.0. The number of hydrogen-bond donors (Lipinski definition) is 1. The van der Waals surface area contributed by atoms with Crippen molar-refractivity contribution in [3.05, 3.63) is 216 Å². The first-order valence-electron chi connectivity index (χ1n) is 27.8. The van der Waals surface area contributed by atoms with Gasteiger partial charge in [-0.05, 0) is 159 Å². The van der Waals surface area contributed by atoms with Crippen LogP contribution in [0.5, 0.6) is 5.75 Å². The maximum atomic E-state index is 12.0. The summed E-state index contributed by atoms with van der Waals surface area (Å²) in [6.07, 6.45) is 1.68. The lowest BCUT2D eigenvalue weighted by atomic mass is 9.85. The van der Waals surface area contributed by atoms with Gasteiger partial charge in [-0.15, -0.1) is 0 Å². The SMILES string of the molecule is [2H]C([2H])([2H])C(c1ccc(-c2ccnc(-c3cc(-c4ccccc4)cc(-c4cccc5c4nc(-c4cc(C)cc(C)c4O)n5-c4cc(C)c(-c5ccccc5)cc4-c4ccc(C(C)(C)C)cc4)c3)c2)cc1)(C([2H])([2H])[2H])C([2H])([2H])[2H]. The van der Waals surface area contributed by atoms with Crippen molar-refractivity contribution in [1.82, 2.24) is 14.5 Å². The Balaban J connectivity index is 1.19. The maximum absolute atomic E-state index is 12.0. The molecule has 10 aromatic rings. The number of phenols is 1. The standard InChI is InChI=1S/C65H59N3O/c1-41-33-43(3)62(69)57(34-41)63-67-61-54(50-36-49(44-17-12-10-13-18-44)37-51(38-50)58-39-48(31-32-66-58)45-23-27-52(28-24-45)64(4,5)6)21-16-22-59(61)68(63)60-35-42(2)55(46-19-14-11-15-20-46)40-56(60)47-25-29-53(30-26-47)65(7,8)9/h10-40,69H,1-9H3/i4D3,5D3,6D3. The van der Waals surface area contributed by atoms with Crippen molar-refractivity contribution < 1.29 is 17.4 Å². The third-order valence-corrected chi connectivity index (χ3v) is 13.2. The third kappa shape index (κ3) is 8.80. The predicted molar refractivity (Wildman–Crippen MR) is 290 cm³/mol. The minimum Gasteiger partial charge on any atom is -0.507 e. The largest absolute Gasteiger partial charge is 0.507 e. The molecular weight excluding hydrogens is 839 g/mol. The smallest absolute Gasteiger partial charge is 0.149 e. The van der Waals surface area contributed by atoms with E-state index < -0.39 is 26.0 Å². The number of aromatic hydroxyl groups is 1. The molecule has 0 aliphatic heterocycles. The summed E-state index contributed by atoms with van der Waals surface area (Å²) in [5.74, 6) is 0.724. The zero-order chi connectivity index (χ0) is 55.7. The minimum absolute atomic E-state index is 0.0509. The van der Waals surface area contributed by atoms with Crippen LogP contribution in [0.3, 0.4) is 0 Å². The molecule has 2 aromatic heterocycles. The highest BCUT2D eigenvalue weighted by atomic mass is 16.3. The van der Waals surface area contributed by atoms with Gasteiger partial charge in [-0.2, -0.15) is 0 Å². The number of rotatable bonds is 8. The van der Waals surface area contributed by atoms with Gasteiger partial charge in [0.2, 0.25) is 0 Å². The van der Waals surface area contributed by atoms with Crippen LogP contribution in [-0.2, 0) is 10.8 Å². The molecule has 1 N–H and O–H groups in total. The molecule has 0 fully saturated rings. The lowest BCUT2D eigenvalue weighted by molar-refractivity contribution is 0.472. The van der Waals surface area contributed by atoms with Crippen LogP contribution < -0.4 is 0 Å². The molecule has 69 heavy (non-hydrogen) atoms. The van der Waals surface area contributed by atoms with Crippen LogP contribution in [0.15, 0.2) is 188 Å². The first-order valence-corrected chi connectivity index (χ1v) is 23.3. The number of hydrogen-bond acceptors (Lipinski definition) is 3. The molecule has 0 aliphatic rings. The Kier molecular flexibility index (Phi) is 9.06. The molecule has 4 heteroatoms. The Morgan fingerprint density at radius 3 is 1.75 bits per heavy atom. The monoisotopic (exact) mass is 907 g/mol. The van der Waals surface area contributed by atoms with E-state index in [2.05, 4.69) is 135 Å². The predicted octanol–water partition coefficient (Wildman–Crippen LogP) is 17.3. The molecule has 4 nitrogen and oxygen atoms in total. The molecule has 10 rings (SSSR count). The van der Waals surface area contributed by atoms with Gasteiger partial charge in [-0.1, -0.05) is 169 Å². The van der Waals surface area contributed by atoms with E-state index in [-0.39, 0.29) is 16.7 Å². The molecule has 0 spiro atoms. The van der Waals surface area contributed by atoms with E-state index >= 15 is 0 Å². The average molecular weight is 907 g/mol. The van der Waals surface area contributed by atoms with Crippen LogP contribution >= 0.6 is 0 Å². The molecule has 2 heterocycles. The second-order valence-corrected chi connectivity index (χ2v) is 19.2. The highest BCUT2D eigenvalue weighted by Gasteiger charge is 2.25. The first kappa shape index (κ1) is 35.3. The van der Waals surface area contributed by atoms with Crippen molar-refractivity contribution in [3.8, 4) is 89.7 Å². The second-order valence-electron chi connectivity index (χ2n) is 19.2. The van der Waals surface area contributed by atoms with Crippen molar-refractivity contribution in [2.24, 2.45) is 0 Å². The summed E-state index contributed by atoms with van der Waals surface area (Å²) in [6, 6.07) is 59.7. The van der Waals surface area contributed by atoms with E-state index in [1.54, 1.807) is 24.4 Å². The molecule has 8 aromatic carbocycles. The van der Waals surface area contributed by atoms with Gasteiger partial charge >= 0.3 is 0 Å². The van der Waals surface area contributed by atoms with Crippen molar-refractivity contribution in [1.29, 1.82) is 0 Å². The van der Waals surface area contributed by atoms with E-state index in [9.17, 15) is 5.11 Å². The number of fused-ring (bicyclic) bond motifs is 1. The molecule has 0 unspecified atom stereocenters. The Morgan fingerprint density at radius 2 is 1.07 bits per heavy atom. The summed E-state index contributed by atoms with van der Waals surface area (Å²) in [7, 11) is 0. The number of imidazole rings is 1. The fourth-order valence-corrected chi connectivity index (χ4v) is 9.48. The van der Waals surface area contributed by atoms with Crippen molar-refractivity contribution >= 4 is 11.0 Å². The topological polar surface area (TPSA) is 50.9 Å². The molecular formula is C65H59N3O. The number of benzene rings is 8. The van der Waals surface area contributed by atoms with Crippen molar-refractivity contribution in [2.75, 3.05) is 0 Å². The lowest BCUT2D eigenvalue weighted by Gasteiger charge is -2.21. The van der Waals surface area contributed by atoms with Gasteiger partial charge in [0.25, 0.3) is 0 Å². The zero-order valence-electron chi connectivity index (χ0n) is 48.7. The minimum atomic E-state index is -3.38. The van der Waals surface area contributed by atoms with Crippen molar-refractivity contribution in [2.45, 2.75) is 72.9 Å². The van der Waals surface area contributed by atoms with Crippen LogP contribution in [0, 0.1) is 20.8 Å². The molecule has 0 saturated heterocycles. The molecule has 340 valence electrons. The summed E-state index contributed by atoms with van der Waals surface area (Å²) in [5.41, 5.74) is 14.1. The Bertz CT molecular complexity index is 3840. The maximum Gasteiger partial charge on any atom is 0.149 e. The number of aromatic nitrogens is 3. The normalized spacial score (nSPS) is 14.4. The second kappa shape index (κ2) is 17.7. The van der Waals surface area contributed by atoms with Gasteiger partial charge in [0.15, 0.2) is 0 Å². The highest BCUT2D eigenvalue weighted by molar-refractivity contribution is 5.99. The molecule has 0 bridgehead atoms. The van der Waals surface area contributed by atoms with Crippen LogP contribution in [0.1, 0.15) is 81.5 Å². The van der Waals surface area contributed by atoms with E-state index in [0.29, 0.717) is 33.7 Å². The molecule has 0 radical (unpaired) electrons. The molecule has 0 amide bonds. The zero-order valence-corrected chi connectivity index (χ0v) is 39.7. The first-order chi connectivity index (χ1) is 36.9. The number of aryl methyl sites for hydroxylation is 3. The van der Waals surface area contributed by atoms with Crippen molar-refractivity contribution in [3.63, 3.8) is 0 Å². The summed E-state index contributed by atoms with van der Waals surface area (Å²) in [4.78, 5) is 10.4. The Hall–Kier alpha value is -7.82. The number of pyridine rings is 1. The van der Waals surface area contributed by atoms with Crippen LogP contribution in [0.2, 0.25) is 0 Å². The summed E-state index contributed by atoms with van der Waals surface area (Å²) >= 11 is 0. The van der Waals surface area contributed by atoms with E-state index in [0.717, 1.165) is 78.0 Å². The highest BCUT2D eigenvalue weighted by Crippen LogP contribution is 2.44. The van der Waals surface area contributed by atoms with E-state index in [1.165, 1.54) is 17.7 Å². The van der Waals surface area contributed by atoms with E-state index in [4.69, 9.17) is 22.3 Å². The van der Waals surface area contributed by atoms with Crippen LogP contribution in [0.4, 0.5) is 0 Å². The molecule has 0 atom stereocenters. The van der Waals surface area contributed by atoms with E-state index in [1.807, 2.05) is 62.4 Å². The lowest BCUT2D eigenvalue weighted by Crippen LogP contribution is -2.10. The Morgan fingerprint density at radius 1 is 0.464 bits per heavy atom. The molecule has 0 saturated carbocycles. The van der Waals surface area contributed by atoms with Gasteiger partial charge in [0.1, 0.15) is 11.6 Å². The quantitative estimate of drug-likeness (QED) is 0.165. The van der Waals surface area contributed by atoms with Gasteiger partial charge < -0.3 is 5.11 Å². The van der Waals surface area contributed by atoms with Gasteiger partial charge in [0.05, 0.1) is 28.0 Å². The van der Waals surface area contributed by atoms with Gasteiger partial charge in [-0.25, -0.2) is 4.98 Å². The molecule has 0 aliphatic carbocycles. The van der Waals surface area contributed by atoms with Crippen LogP contribution in [0.25, 0.3) is 95.0 Å². The van der Waals surface area contributed by atoms with Gasteiger partial charge in [0, 0.05) is 35.2 Å². The summed E-state index contributed by atoms with van der Waals surface area (Å²) < 4.78 is 76.3. The number of nitrogens with zero attached hydrogens (tertiary/aromatic N) is 3. The van der Waals surface area contributed by atoms with Crippen LogP contribution in [-0.4, -0.2) is 19.6 Å². The summed E-state index contributed by atoms with van der Waals surface area (Å²) in [6.45, 7) is 2.58. The fraction of sp³-hybridized carbons (Fsp3) is 0.169. The number of phenolic OH excluding ortho intramolecular Hbond substituents is 1. The fourth-order valence-electron chi connectivity index (χ4n) is 9.48. The third-order valence-electron chi connectivity index (χ3n) is 13.2. The number of para-hydroxylation sites is 1. The van der Waals surface area contributed by atoms with Gasteiger partial charge in [-0.3, -0.25) is 9.55 Å². The average Bonchev–Trinajstić information content (AvgIpc) is 3.96. The Labute approximate surface area is 420 Å².